The average molecular weight is 501 g/mol. The Labute approximate surface area is 204 Å². The summed E-state index contributed by atoms with van der Waals surface area (Å²) < 4.78 is 48.8. The van der Waals surface area contributed by atoms with Gasteiger partial charge in [0, 0.05) is 18.8 Å². The van der Waals surface area contributed by atoms with Crippen LogP contribution < -0.4 is 4.74 Å². The monoisotopic (exact) mass is 500 g/mol. The highest BCUT2D eigenvalue weighted by Crippen LogP contribution is 2.36. The van der Waals surface area contributed by atoms with Crippen LogP contribution in [0.15, 0.2) is 48.6 Å². The molecule has 0 unspecified atom stereocenters. The van der Waals surface area contributed by atoms with Gasteiger partial charge in [-0.1, -0.05) is 30.4 Å². The third-order valence-corrected chi connectivity index (χ3v) is 5.75. The second-order valence-electron chi connectivity index (χ2n) is 9.04. The molecule has 0 amide bonds. The first-order chi connectivity index (χ1) is 16.5. The van der Waals surface area contributed by atoms with Crippen molar-refractivity contribution in [2.45, 2.75) is 76.5 Å². The summed E-state index contributed by atoms with van der Waals surface area (Å²) in [6.07, 6.45) is 2.09. The van der Waals surface area contributed by atoms with Crippen molar-refractivity contribution >= 4 is 5.97 Å². The van der Waals surface area contributed by atoms with Crippen LogP contribution in [0.2, 0.25) is 0 Å². The van der Waals surface area contributed by atoms with Crippen molar-refractivity contribution in [3.63, 3.8) is 0 Å². The molecule has 35 heavy (non-hydrogen) atoms. The molecule has 0 heterocycles. The van der Waals surface area contributed by atoms with E-state index >= 15 is 0 Å². The highest BCUT2D eigenvalue weighted by atomic mass is 19.4. The van der Waals surface area contributed by atoms with Crippen molar-refractivity contribution < 1.29 is 42.8 Å². The van der Waals surface area contributed by atoms with E-state index in [1.54, 1.807) is 19.9 Å². The van der Waals surface area contributed by atoms with Crippen LogP contribution >= 0.6 is 0 Å². The van der Waals surface area contributed by atoms with Gasteiger partial charge < -0.3 is 24.8 Å². The Morgan fingerprint density at radius 2 is 1.94 bits per heavy atom. The number of hydrogen-bond donors (Lipinski definition) is 3. The fourth-order valence-corrected chi connectivity index (χ4v) is 4.02. The van der Waals surface area contributed by atoms with Gasteiger partial charge in [-0.15, -0.1) is 0 Å². The normalized spacial score (nSPS) is 23.9. The Balaban J connectivity index is 1.82. The van der Waals surface area contributed by atoms with Crippen molar-refractivity contribution in [3.05, 3.63) is 54.1 Å². The molecule has 0 aliphatic heterocycles. The number of esters is 1. The lowest BCUT2D eigenvalue weighted by atomic mass is 9.89. The van der Waals surface area contributed by atoms with Crippen LogP contribution in [0.1, 0.15) is 51.5 Å². The number of carbonyl (C=O) groups excluding carboxylic acids is 1. The standard InChI is InChI=1S/C26H35F3O6/c1-17(2)35-25(33)11-6-4-3-5-10-21-22(24(32)15-23(21)31)13-12-19(30)16-34-20-9-7-8-18(14-20)26(27,28)29/h3,5,7-9,12-14,17,19,21-24,30-32H,4,6,10-11,15-16H2,1-2H3/b5-3+,13-12+/t19-,21+,22+,23-,24-/m0/s1. The van der Waals surface area contributed by atoms with Gasteiger partial charge in [0.25, 0.3) is 0 Å². The second kappa shape index (κ2) is 13.7. The zero-order valence-electron chi connectivity index (χ0n) is 20.0. The fraction of sp³-hybridized carbons (Fsp3) is 0.577. The molecule has 0 bridgehead atoms. The predicted octanol–water partition coefficient (Wildman–Crippen LogP) is 4.43. The lowest BCUT2D eigenvalue weighted by Crippen LogP contribution is -2.21. The van der Waals surface area contributed by atoms with Crippen molar-refractivity contribution in [2.24, 2.45) is 11.8 Å². The summed E-state index contributed by atoms with van der Waals surface area (Å²) >= 11 is 0. The Hall–Kier alpha value is -2.36. The summed E-state index contributed by atoms with van der Waals surface area (Å²) in [5.74, 6) is -0.883. The van der Waals surface area contributed by atoms with Crippen molar-refractivity contribution in [3.8, 4) is 5.75 Å². The molecule has 1 aromatic carbocycles. The molecule has 0 saturated heterocycles. The number of rotatable bonds is 12. The zero-order valence-corrected chi connectivity index (χ0v) is 20.0. The minimum atomic E-state index is -4.49. The minimum absolute atomic E-state index is 0.0101. The molecule has 6 nitrogen and oxygen atoms in total. The molecular formula is C26H35F3O6. The van der Waals surface area contributed by atoms with Crippen LogP contribution in [0, 0.1) is 11.8 Å². The van der Waals surface area contributed by atoms with Gasteiger partial charge in [-0.05, 0) is 57.2 Å². The molecule has 5 atom stereocenters. The van der Waals surface area contributed by atoms with Gasteiger partial charge in [-0.2, -0.15) is 13.2 Å². The SMILES string of the molecule is CC(C)OC(=O)CCC/C=C/C[C@@H]1[C@@H](/C=C/[C@H](O)COc2cccc(C(F)(F)F)c2)[C@@H](O)C[C@@H]1O. The number of carbonyl (C=O) groups is 1. The highest BCUT2D eigenvalue weighted by Gasteiger charge is 2.39. The number of ether oxygens (including phenoxy) is 2. The van der Waals surface area contributed by atoms with E-state index < -0.39 is 30.1 Å². The van der Waals surface area contributed by atoms with Crippen LogP contribution in [0.25, 0.3) is 0 Å². The lowest BCUT2D eigenvalue weighted by Gasteiger charge is -2.19. The number of aliphatic hydroxyl groups is 3. The minimum Gasteiger partial charge on any atom is -0.491 e. The quantitative estimate of drug-likeness (QED) is 0.223. The molecule has 3 N–H and O–H groups in total. The van der Waals surface area contributed by atoms with Gasteiger partial charge in [-0.3, -0.25) is 4.79 Å². The summed E-state index contributed by atoms with van der Waals surface area (Å²) in [6.45, 7) is 3.34. The number of hydrogen-bond acceptors (Lipinski definition) is 6. The predicted molar refractivity (Wildman–Crippen MR) is 125 cm³/mol. The summed E-state index contributed by atoms with van der Waals surface area (Å²) in [6, 6.07) is 4.40. The fourth-order valence-electron chi connectivity index (χ4n) is 4.02. The van der Waals surface area contributed by atoms with E-state index in [9.17, 15) is 33.3 Å². The molecule has 0 aromatic heterocycles. The summed E-state index contributed by atoms with van der Waals surface area (Å²) in [5.41, 5.74) is -0.838. The molecule has 1 aliphatic carbocycles. The first-order valence-electron chi connectivity index (χ1n) is 11.8. The molecule has 1 saturated carbocycles. The maximum atomic E-state index is 12.8. The van der Waals surface area contributed by atoms with Crippen molar-refractivity contribution in [2.75, 3.05) is 6.61 Å². The zero-order chi connectivity index (χ0) is 26.0. The maximum absolute atomic E-state index is 12.8. The van der Waals surface area contributed by atoms with Gasteiger partial charge in [0.05, 0.1) is 23.9 Å². The molecule has 1 aromatic rings. The lowest BCUT2D eigenvalue weighted by molar-refractivity contribution is -0.147. The van der Waals surface area contributed by atoms with Crippen LogP contribution in [0.5, 0.6) is 5.75 Å². The first kappa shape index (κ1) is 28.9. The van der Waals surface area contributed by atoms with Gasteiger partial charge in [0.1, 0.15) is 18.5 Å². The molecular weight excluding hydrogens is 465 g/mol. The summed E-state index contributed by atoms with van der Waals surface area (Å²) in [5, 5.41) is 30.8. The topological polar surface area (TPSA) is 96.2 Å². The average Bonchev–Trinajstić information content (AvgIpc) is 3.04. The van der Waals surface area contributed by atoms with E-state index in [-0.39, 0.29) is 42.7 Å². The van der Waals surface area contributed by atoms with E-state index in [4.69, 9.17) is 9.47 Å². The Morgan fingerprint density at radius 1 is 1.20 bits per heavy atom. The van der Waals surface area contributed by atoms with Crippen molar-refractivity contribution in [1.29, 1.82) is 0 Å². The van der Waals surface area contributed by atoms with Gasteiger partial charge in [-0.25, -0.2) is 0 Å². The van der Waals surface area contributed by atoms with E-state index in [1.165, 1.54) is 18.2 Å². The van der Waals surface area contributed by atoms with Crippen LogP contribution in [0.3, 0.4) is 0 Å². The molecule has 196 valence electrons. The Morgan fingerprint density at radius 3 is 2.63 bits per heavy atom. The molecule has 0 spiro atoms. The van der Waals surface area contributed by atoms with E-state index in [0.29, 0.717) is 25.7 Å². The van der Waals surface area contributed by atoms with Crippen LogP contribution in [-0.2, 0) is 15.7 Å². The summed E-state index contributed by atoms with van der Waals surface area (Å²) in [7, 11) is 0. The third kappa shape index (κ3) is 10.0. The van der Waals surface area contributed by atoms with Crippen LogP contribution in [0.4, 0.5) is 13.2 Å². The number of alkyl halides is 3. The molecule has 1 aliphatic rings. The largest absolute Gasteiger partial charge is 0.491 e. The molecule has 2 rings (SSSR count). The van der Waals surface area contributed by atoms with E-state index in [0.717, 1.165) is 12.1 Å². The van der Waals surface area contributed by atoms with Gasteiger partial charge in [0.15, 0.2) is 0 Å². The highest BCUT2D eigenvalue weighted by molar-refractivity contribution is 5.69. The number of benzene rings is 1. The third-order valence-electron chi connectivity index (χ3n) is 5.75. The number of halogens is 3. The maximum Gasteiger partial charge on any atom is 0.416 e. The molecule has 0 radical (unpaired) electrons. The number of aliphatic hydroxyl groups excluding tert-OH is 3. The summed E-state index contributed by atoms with van der Waals surface area (Å²) in [4.78, 5) is 11.5. The smallest absolute Gasteiger partial charge is 0.416 e. The van der Waals surface area contributed by atoms with Crippen molar-refractivity contribution in [1.82, 2.24) is 0 Å². The first-order valence-corrected chi connectivity index (χ1v) is 11.8. The van der Waals surface area contributed by atoms with Crippen LogP contribution in [-0.4, -0.2) is 52.3 Å². The number of unbranched alkanes of at least 4 members (excludes halogenated alkanes) is 1. The Kier molecular flexibility index (Phi) is 11.3. The van der Waals surface area contributed by atoms with E-state index in [2.05, 4.69) is 0 Å². The Bertz CT molecular complexity index is 852. The number of allylic oxidation sites excluding steroid dienone is 2. The van der Waals surface area contributed by atoms with Gasteiger partial charge >= 0.3 is 12.1 Å². The molecule has 1 fully saturated rings. The second-order valence-corrected chi connectivity index (χ2v) is 9.04. The van der Waals surface area contributed by atoms with E-state index in [1.807, 2.05) is 12.2 Å². The molecule has 9 heteroatoms. The van der Waals surface area contributed by atoms with Gasteiger partial charge in [0.2, 0.25) is 0 Å².